The van der Waals surface area contributed by atoms with E-state index in [9.17, 15) is 14.7 Å². The first-order valence-electron chi connectivity index (χ1n) is 7.26. The molecule has 0 bridgehead atoms. The van der Waals surface area contributed by atoms with E-state index in [2.05, 4.69) is 15.5 Å². The van der Waals surface area contributed by atoms with Crippen LogP contribution in [0.4, 0.5) is 0 Å². The molecule has 0 aliphatic rings. The first-order chi connectivity index (χ1) is 10.9. The van der Waals surface area contributed by atoms with Gasteiger partial charge in [0.1, 0.15) is 5.41 Å². The largest absolute Gasteiger partial charge is 0.481 e. The van der Waals surface area contributed by atoms with Crippen LogP contribution < -0.4 is 5.32 Å². The maximum Gasteiger partial charge on any atom is 0.315 e. The van der Waals surface area contributed by atoms with Gasteiger partial charge in [0.15, 0.2) is 5.82 Å². The van der Waals surface area contributed by atoms with Gasteiger partial charge in [0.25, 0.3) is 0 Å². The fourth-order valence-electron chi connectivity index (χ4n) is 2.13. The Labute approximate surface area is 133 Å². The van der Waals surface area contributed by atoms with Crippen LogP contribution in [-0.2, 0) is 21.4 Å². The van der Waals surface area contributed by atoms with Crippen LogP contribution in [0.3, 0.4) is 0 Å². The van der Waals surface area contributed by atoms with Crippen molar-refractivity contribution in [2.75, 3.05) is 6.54 Å². The zero-order valence-electron chi connectivity index (χ0n) is 13.1. The lowest BCUT2D eigenvalue weighted by Crippen LogP contribution is -2.44. The normalized spacial score (nSPS) is 13.3. The van der Waals surface area contributed by atoms with Crippen LogP contribution in [0.15, 0.2) is 34.9 Å². The summed E-state index contributed by atoms with van der Waals surface area (Å²) in [6.45, 7) is 3.30. The zero-order chi connectivity index (χ0) is 16.9. The molecule has 0 fully saturated rings. The van der Waals surface area contributed by atoms with Crippen LogP contribution in [0.25, 0.3) is 0 Å². The summed E-state index contributed by atoms with van der Waals surface area (Å²) >= 11 is 0. The highest BCUT2D eigenvalue weighted by Crippen LogP contribution is 2.23. The molecule has 1 unspecified atom stereocenters. The number of carbonyl (C=O) groups excluding carboxylic acids is 1. The van der Waals surface area contributed by atoms with Crippen LogP contribution in [0.2, 0.25) is 0 Å². The number of nitrogens with one attached hydrogen (secondary N) is 1. The number of carboxylic acid groups (broad SMARTS) is 1. The molecule has 0 saturated carbocycles. The lowest BCUT2D eigenvalue weighted by molar-refractivity contribution is -0.143. The second kappa shape index (κ2) is 7.04. The van der Waals surface area contributed by atoms with Gasteiger partial charge in [-0.15, -0.1) is 0 Å². The number of carboxylic acids is 1. The Hall–Kier alpha value is -2.70. The SMILES string of the molecule is Cc1noc(CCC(=O)NCC(C)(C(=O)O)c2ccccc2)n1. The van der Waals surface area contributed by atoms with Crippen molar-refractivity contribution in [3.63, 3.8) is 0 Å². The average Bonchev–Trinajstić information content (AvgIpc) is 2.96. The Morgan fingerprint density at radius 3 is 2.57 bits per heavy atom. The highest BCUT2D eigenvalue weighted by atomic mass is 16.5. The van der Waals surface area contributed by atoms with Crippen molar-refractivity contribution in [2.45, 2.75) is 32.1 Å². The lowest BCUT2D eigenvalue weighted by atomic mass is 9.82. The van der Waals surface area contributed by atoms with Gasteiger partial charge in [-0.3, -0.25) is 9.59 Å². The van der Waals surface area contributed by atoms with Crippen molar-refractivity contribution < 1.29 is 19.2 Å². The number of aromatic nitrogens is 2. The van der Waals surface area contributed by atoms with Gasteiger partial charge in [-0.05, 0) is 19.4 Å². The van der Waals surface area contributed by atoms with Crippen molar-refractivity contribution in [3.8, 4) is 0 Å². The molecule has 1 atom stereocenters. The number of aryl methyl sites for hydroxylation is 2. The summed E-state index contributed by atoms with van der Waals surface area (Å²) in [6, 6.07) is 8.84. The van der Waals surface area contributed by atoms with Crippen LogP contribution in [0.5, 0.6) is 0 Å². The van der Waals surface area contributed by atoms with E-state index in [4.69, 9.17) is 4.52 Å². The summed E-state index contributed by atoms with van der Waals surface area (Å²) in [7, 11) is 0. The van der Waals surface area contributed by atoms with E-state index in [0.29, 0.717) is 23.7 Å². The molecule has 122 valence electrons. The second-order valence-electron chi connectivity index (χ2n) is 5.52. The van der Waals surface area contributed by atoms with E-state index in [-0.39, 0.29) is 18.9 Å². The van der Waals surface area contributed by atoms with Crippen LogP contribution in [0.1, 0.15) is 30.6 Å². The summed E-state index contributed by atoms with van der Waals surface area (Å²) in [5.74, 6) is -0.342. The highest BCUT2D eigenvalue weighted by molar-refractivity contribution is 5.83. The van der Waals surface area contributed by atoms with E-state index < -0.39 is 11.4 Å². The number of benzene rings is 1. The van der Waals surface area contributed by atoms with Gasteiger partial charge in [-0.2, -0.15) is 4.98 Å². The summed E-state index contributed by atoms with van der Waals surface area (Å²) in [6.07, 6.45) is 0.480. The van der Waals surface area contributed by atoms with Crippen molar-refractivity contribution in [1.82, 2.24) is 15.5 Å². The molecule has 1 aromatic heterocycles. The molecular formula is C16H19N3O4. The molecule has 1 amide bonds. The van der Waals surface area contributed by atoms with Gasteiger partial charge >= 0.3 is 5.97 Å². The maximum atomic E-state index is 11.9. The second-order valence-corrected chi connectivity index (χ2v) is 5.52. The molecular weight excluding hydrogens is 298 g/mol. The first-order valence-corrected chi connectivity index (χ1v) is 7.26. The highest BCUT2D eigenvalue weighted by Gasteiger charge is 2.35. The molecule has 1 heterocycles. The average molecular weight is 317 g/mol. The van der Waals surface area contributed by atoms with E-state index in [1.54, 1.807) is 38.1 Å². The van der Waals surface area contributed by atoms with Gasteiger partial charge in [-0.25, -0.2) is 0 Å². The fourth-order valence-corrected chi connectivity index (χ4v) is 2.13. The standard InChI is InChI=1S/C16H19N3O4/c1-11-18-14(23-19-11)9-8-13(20)17-10-16(2,15(21)22)12-6-4-3-5-7-12/h3-7H,8-10H2,1-2H3,(H,17,20)(H,21,22). The van der Waals surface area contributed by atoms with Crippen molar-refractivity contribution in [1.29, 1.82) is 0 Å². The van der Waals surface area contributed by atoms with Crippen molar-refractivity contribution in [3.05, 3.63) is 47.6 Å². The Morgan fingerprint density at radius 2 is 2.00 bits per heavy atom. The van der Waals surface area contributed by atoms with Gasteiger partial charge < -0.3 is 14.9 Å². The monoisotopic (exact) mass is 317 g/mol. The van der Waals surface area contributed by atoms with Gasteiger partial charge in [-0.1, -0.05) is 35.5 Å². The molecule has 23 heavy (non-hydrogen) atoms. The van der Waals surface area contributed by atoms with Crippen LogP contribution in [0, 0.1) is 6.92 Å². The summed E-state index contributed by atoms with van der Waals surface area (Å²) < 4.78 is 4.93. The van der Waals surface area contributed by atoms with E-state index >= 15 is 0 Å². The topological polar surface area (TPSA) is 105 Å². The number of carbonyl (C=O) groups is 2. The number of nitrogens with zero attached hydrogens (tertiary/aromatic N) is 2. The Bertz CT molecular complexity index is 684. The third-order valence-electron chi connectivity index (χ3n) is 3.66. The Kier molecular flexibility index (Phi) is 5.10. The molecule has 2 N–H and O–H groups in total. The van der Waals surface area contributed by atoms with Crippen molar-refractivity contribution >= 4 is 11.9 Å². The first kappa shape index (κ1) is 16.7. The van der Waals surface area contributed by atoms with Gasteiger partial charge in [0.05, 0.1) is 0 Å². The predicted molar refractivity (Wildman–Crippen MR) is 81.8 cm³/mol. The number of rotatable bonds is 7. The molecule has 7 nitrogen and oxygen atoms in total. The molecule has 7 heteroatoms. The molecule has 2 rings (SSSR count). The molecule has 0 radical (unpaired) electrons. The Morgan fingerprint density at radius 1 is 1.30 bits per heavy atom. The lowest BCUT2D eigenvalue weighted by Gasteiger charge is -2.25. The van der Waals surface area contributed by atoms with Gasteiger partial charge in [0, 0.05) is 19.4 Å². The number of hydrogen-bond donors (Lipinski definition) is 2. The third-order valence-corrected chi connectivity index (χ3v) is 3.66. The summed E-state index contributed by atoms with van der Waals surface area (Å²) in [4.78, 5) is 27.6. The Balaban J connectivity index is 1.93. The summed E-state index contributed by atoms with van der Waals surface area (Å²) in [5, 5.41) is 15.8. The minimum Gasteiger partial charge on any atom is -0.481 e. The van der Waals surface area contributed by atoms with E-state index in [1.807, 2.05) is 6.07 Å². The maximum absolute atomic E-state index is 11.9. The van der Waals surface area contributed by atoms with E-state index in [1.165, 1.54) is 0 Å². The molecule has 0 spiro atoms. The number of hydrogen-bond acceptors (Lipinski definition) is 5. The minimum atomic E-state index is -1.18. The molecule has 0 aliphatic carbocycles. The quantitative estimate of drug-likeness (QED) is 0.801. The minimum absolute atomic E-state index is 0.00798. The number of aliphatic carboxylic acids is 1. The van der Waals surface area contributed by atoms with Gasteiger partial charge in [0.2, 0.25) is 11.8 Å². The molecule has 1 aromatic carbocycles. The fraction of sp³-hybridized carbons (Fsp3) is 0.375. The number of amides is 1. The zero-order valence-corrected chi connectivity index (χ0v) is 13.1. The molecule has 2 aromatic rings. The smallest absolute Gasteiger partial charge is 0.315 e. The van der Waals surface area contributed by atoms with Crippen LogP contribution in [-0.4, -0.2) is 33.7 Å². The molecule has 0 saturated heterocycles. The molecule has 0 aliphatic heterocycles. The van der Waals surface area contributed by atoms with Crippen LogP contribution >= 0.6 is 0 Å². The summed E-state index contributed by atoms with van der Waals surface area (Å²) in [5.41, 5.74) is -0.543. The van der Waals surface area contributed by atoms with E-state index in [0.717, 1.165) is 0 Å². The predicted octanol–water partition coefficient (Wildman–Crippen LogP) is 1.47. The van der Waals surface area contributed by atoms with Crippen molar-refractivity contribution in [2.24, 2.45) is 0 Å². The third kappa shape index (κ3) is 4.15.